The molecule has 82 heavy (non-hydrogen) atoms. The van der Waals surface area contributed by atoms with Gasteiger partial charge in [0.2, 0.25) is 0 Å². The third-order valence-electron chi connectivity index (χ3n) is 18.8. The van der Waals surface area contributed by atoms with Crippen LogP contribution in [0, 0.1) is 29.6 Å². The van der Waals surface area contributed by atoms with Crippen molar-refractivity contribution in [3.05, 3.63) is 59.7 Å². The van der Waals surface area contributed by atoms with Crippen LogP contribution in [0.3, 0.4) is 0 Å². The summed E-state index contributed by atoms with van der Waals surface area (Å²) in [4.78, 5) is 41.3. The molecule has 8 aliphatic rings. The van der Waals surface area contributed by atoms with Crippen molar-refractivity contribution in [1.82, 2.24) is 0 Å². The van der Waals surface area contributed by atoms with E-state index in [4.69, 9.17) is 54.2 Å². The minimum absolute atomic E-state index is 0.0187. The molecular formula is C62H93ClO19. The number of esters is 2. The number of allylic oxidation sites excluding steroid dienone is 3. The smallest absolute Gasteiger partial charge is 0.308 e. The first-order valence-electron chi connectivity index (χ1n) is 29.9. The van der Waals surface area contributed by atoms with Gasteiger partial charge in [-0.1, -0.05) is 82.3 Å². The van der Waals surface area contributed by atoms with Crippen molar-refractivity contribution < 1.29 is 92.8 Å². The van der Waals surface area contributed by atoms with Crippen LogP contribution < -0.4 is 0 Å². The fourth-order valence-electron chi connectivity index (χ4n) is 14.9. The molecular weight excluding hydrogens is 1080 g/mol. The lowest BCUT2D eigenvalue weighted by Crippen LogP contribution is -2.65. The van der Waals surface area contributed by atoms with Gasteiger partial charge in [-0.25, -0.2) is 0 Å². The zero-order valence-electron chi connectivity index (χ0n) is 49.0. The first-order chi connectivity index (χ1) is 38.6. The quantitative estimate of drug-likeness (QED) is 0.0831. The molecule has 7 N–H and O–H groups in total. The molecule has 0 radical (unpaired) electrons. The monoisotopic (exact) mass is 1180 g/mol. The molecule has 0 aromatic rings. The third-order valence-corrected chi connectivity index (χ3v) is 18.9. The number of aliphatic hydroxyl groups excluding tert-OH is 5. The fourth-order valence-corrected chi connectivity index (χ4v) is 15.0. The lowest BCUT2D eigenvalue weighted by Gasteiger charge is -2.51. The Labute approximate surface area is 488 Å². The highest BCUT2D eigenvalue weighted by atomic mass is 35.5. The van der Waals surface area contributed by atoms with Gasteiger partial charge in [-0.15, -0.1) is 0 Å². The summed E-state index contributed by atoms with van der Waals surface area (Å²) in [5.41, 5.74) is -0.769. The van der Waals surface area contributed by atoms with Gasteiger partial charge in [0.25, 0.3) is 0 Å². The molecule has 20 heteroatoms. The number of rotatable bonds is 8. The Morgan fingerprint density at radius 1 is 0.878 bits per heavy atom. The van der Waals surface area contributed by atoms with Crippen LogP contribution in [-0.4, -0.2) is 182 Å². The fraction of sp³-hybridized carbons (Fsp3) is 0.790. The minimum atomic E-state index is -2.37. The largest absolute Gasteiger partial charge is 0.462 e. The standard InChI is InChI=1S/C62H93ClO19/c1-33(17-42(65)16-15-34(2)63)18-52-54(70)56-38(6)57(77-52)58(71)62(73)30-50(68)36(4)51(82-62)14-12-10-11-13-44-22-43(66)26-60(79-44)25-40(19-46(28-60)74-9)20-49(67)37(5)55-35(3)41(31-75-55)21-48-27-59(8,72)32-61(81-48)29-47(76-39(7)64)23-45(80-61)24-53(69)78-56/h11,13,15-16,21,35-38,40,42-48,50-52,54-58,65-66,68,70-73H,1-2,10,12,14,17-20,22-32H2,3-9H3/b13-11-,16-15+,41-21-/t35-,36+,37-,38-,40-,42+,43-,44-,45+,46-,47-,48-,50-,51+,52-,54-,55-,56-,57-,58+,59-,60-,61+,62+/m1/s1. The molecule has 12 bridgehead atoms. The van der Waals surface area contributed by atoms with E-state index in [-0.39, 0.29) is 80.3 Å². The van der Waals surface area contributed by atoms with Gasteiger partial charge in [0.15, 0.2) is 11.6 Å². The Balaban J connectivity index is 1.10. The summed E-state index contributed by atoms with van der Waals surface area (Å²) in [6.07, 6.45) is -1.87. The summed E-state index contributed by atoms with van der Waals surface area (Å²) < 4.78 is 57.7. The van der Waals surface area contributed by atoms with Crippen molar-refractivity contribution in [1.29, 1.82) is 0 Å². The molecule has 19 nitrogen and oxygen atoms in total. The number of methoxy groups -OCH3 is 1. The minimum Gasteiger partial charge on any atom is -0.462 e. The number of Topliss-reactive ketones (excluding diaryl/α,β-unsaturated/α-hetero) is 1. The van der Waals surface area contributed by atoms with E-state index in [1.165, 1.54) is 19.1 Å². The Morgan fingerprint density at radius 3 is 2.35 bits per heavy atom. The van der Waals surface area contributed by atoms with Gasteiger partial charge in [0.1, 0.15) is 30.2 Å². The topological polar surface area (TPSA) is 276 Å². The third kappa shape index (κ3) is 16.0. The lowest BCUT2D eigenvalue weighted by molar-refractivity contribution is -0.350. The van der Waals surface area contributed by atoms with Gasteiger partial charge in [-0.3, -0.25) is 14.4 Å². The number of fused-ring (bicyclic) bond motifs is 10. The van der Waals surface area contributed by atoms with E-state index in [0.717, 1.165) is 5.57 Å². The van der Waals surface area contributed by atoms with E-state index in [0.29, 0.717) is 56.9 Å². The number of carbonyl (C=O) groups excluding carboxylic acids is 3. The number of carbonyl (C=O) groups is 3. The predicted octanol–water partition coefficient (Wildman–Crippen LogP) is 6.02. The van der Waals surface area contributed by atoms with E-state index in [2.05, 4.69) is 13.2 Å². The van der Waals surface area contributed by atoms with Crippen LogP contribution >= 0.6 is 11.6 Å². The second-order valence-corrected chi connectivity index (χ2v) is 26.5. The molecule has 1 saturated carbocycles. The lowest BCUT2D eigenvalue weighted by atomic mass is 9.70. The van der Waals surface area contributed by atoms with Crippen molar-refractivity contribution in [3.8, 4) is 0 Å². The molecule has 1 aliphatic carbocycles. The number of hydrogen-bond acceptors (Lipinski definition) is 19. The van der Waals surface area contributed by atoms with Gasteiger partial charge in [0, 0.05) is 101 Å². The number of ether oxygens (including phenoxy) is 9. The summed E-state index contributed by atoms with van der Waals surface area (Å²) >= 11 is 5.89. The average molecular weight is 1180 g/mol. The number of aliphatic hydroxyl groups is 7. The molecule has 0 aromatic carbocycles. The van der Waals surface area contributed by atoms with Crippen LogP contribution in [-0.2, 0) is 57.0 Å². The van der Waals surface area contributed by atoms with E-state index < -0.39 is 151 Å². The molecule has 7 heterocycles. The first-order valence-corrected chi connectivity index (χ1v) is 30.3. The highest BCUT2D eigenvalue weighted by Crippen LogP contribution is 2.49. The highest BCUT2D eigenvalue weighted by Gasteiger charge is 2.58. The maximum absolute atomic E-state index is 14.4. The Kier molecular flexibility index (Phi) is 21.4. The van der Waals surface area contributed by atoms with Gasteiger partial charge in [-0.2, -0.15) is 0 Å². The zero-order chi connectivity index (χ0) is 59.6. The maximum Gasteiger partial charge on any atom is 0.308 e. The SMILES string of the molecule is C=C(Cl)/C=C/[C@H](O)CC(=C)C[C@H]1O[C@@H]2[C@H](C)[C@@H](OC(=O)C[C@@H]3C[C@@H](OC(C)=O)C[C@]4(C[C@](C)(O)C[C@@H](/C=C5/CO[C@@H]([C@H](C)C(=O)C[C@H]6C[C@@H](OC)C[C@]7(C[C@H](O)C[C@@H](/C=C\CCC[C@@H]8O[C@@](O)(C[C@@H](O)[C@@H]8C)[C@H]2O)O7)C6)[C@@H]5C)O4)O3)[C@@H]1O. The summed E-state index contributed by atoms with van der Waals surface area (Å²) in [6.45, 7) is 18.2. The zero-order valence-corrected chi connectivity index (χ0v) is 49.7. The molecule has 2 spiro atoms. The summed E-state index contributed by atoms with van der Waals surface area (Å²) in [5, 5.41) is 82.6. The molecule has 0 aromatic heterocycles. The summed E-state index contributed by atoms with van der Waals surface area (Å²) in [7, 11) is 1.67. The molecule has 0 amide bonds. The molecule has 462 valence electrons. The summed E-state index contributed by atoms with van der Waals surface area (Å²) in [5.74, 6) is -7.47. The normalized spacial score (nSPS) is 46.9. The van der Waals surface area contributed by atoms with E-state index in [1.807, 2.05) is 39.0 Å². The van der Waals surface area contributed by atoms with Crippen LogP contribution in [0.4, 0.5) is 0 Å². The van der Waals surface area contributed by atoms with Crippen molar-refractivity contribution in [2.24, 2.45) is 29.6 Å². The van der Waals surface area contributed by atoms with Crippen molar-refractivity contribution in [3.63, 3.8) is 0 Å². The first kappa shape index (κ1) is 65.0. The molecule has 7 fully saturated rings. The number of ketones is 1. The second-order valence-electron chi connectivity index (χ2n) is 26.0. The van der Waals surface area contributed by atoms with Crippen molar-refractivity contribution >= 4 is 29.3 Å². The Hall–Kier alpha value is -2.96. The van der Waals surface area contributed by atoms with Crippen molar-refractivity contribution in [2.75, 3.05) is 13.7 Å². The van der Waals surface area contributed by atoms with Gasteiger partial charge < -0.3 is 78.4 Å². The van der Waals surface area contributed by atoms with Crippen LogP contribution in [0.5, 0.6) is 0 Å². The van der Waals surface area contributed by atoms with Gasteiger partial charge in [-0.05, 0) is 69.4 Å². The molecule has 6 saturated heterocycles. The molecule has 8 rings (SSSR count). The second kappa shape index (κ2) is 27.0. The summed E-state index contributed by atoms with van der Waals surface area (Å²) in [6, 6.07) is 0. The maximum atomic E-state index is 14.4. The predicted molar refractivity (Wildman–Crippen MR) is 299 cm³/mol. The Morgan fingerprint density at radius 2 is 1.63 bits per heavy atom. The van der Waals surface area contributed by atoms with E-state index in [9.17, 15) is 50.1 Å². The van der Waals surface area contributed by atoms with E-state index in [1.54, 1.807) is 21.0 Å². The van der Waals surface area contributed by atoms with Gasteiger partial charge in [0.05, 0.1) is 91.4 Å². The van der Waals surface area contributed by atoms with E-state index >= 15 is 0 Å². The number of halogens is 1. The van der Waals surface area contributed by atoms with Crippen LogP contribution in [0.15, 0.2) is 59.7 Å². The molecule has 24 atom stereocenters. The number of hydrogen-bond donors (Lipinski definition) is 7. The van der Waals surface area contributed by atoms with Crippen LogP contribution in [0.2, 0.25) is 0 Å². The highest BCUT2D eigenvalue weighted by molar-refractivity contribution is 6.30. The molecule has 7 aliphatic heterocycles. The van der Waals surface area contributed by atoms with Crippen LogP contribution in [0.25, 0.3) is 0 Å². The molecule has 0 unspecified atom stereocenters. The average Bonchev–Trinajstić information content (AvgIpc) is 2.35. The van der Waals surface area contributed by atoms with Gasteiger partial charge >= 0.3 is 11.9 Å². The Bertz CT molecular complexity index is 2360. The van der Waals surface area contributed by atoms with Crippen LogP contribution in [0.1, 0.15) is 151 Å². The van der Waals surface area contributed by atoms with Crippen molar-refractivity contribution in [2.45, 2.75) is 265 Å².